The molecule has 0 saturated heterocycles. The summed E-state index contributed by atoms with van der Waals surface area (Å²) in [7, 11) is 0. The number of ether oxygens (including phenoxy) is 2. The molecule has 3 heterocycles. The van der Waals surface area contributed by atoms with Crippen molar-refractivity contribution in [3.63, 3.8) is 0 Å². The SMILES string of the molecule is CC1=NN(c2nnn[n-]2)C(=O)/C1=C/c1ccc2c(c1)OCO2. The zero-order valence-electron chi connectivity index (χ0n) is 11.4. The topological polar surface area (TPSA) is 104 Å². The molecule has 4 rings (SSSR count). The average Bonchev–Trinajstić information content (AvgIpc) is 3.23. The quantitative estimate of drug-likeness (QED) is 0.737. The van der Waals surface area contributed by atoms with Gasteiger partial charge in [0, 0.05) is 0 Å². The van der Waals surface area contributed by atoms with Crippen LogP contribution < -0.4 is 19.6 Å². The summed E-state index contributed by atoms with van der Waals surface area (Å²) in [5.41, 5.74) is 1.82. The van der Waals surface area contributed by atoms with Crippen molar-refractivity contribution in [2.24, 2.45) is 5.10 Å². The lowest BCUT2D eigenvalue weighted by molar-refractivity contribution is -0.114. The first-order chi connectivity index (χ1) is 10.7. The first-order valence-corrected chi connectivity index (χ1v) is 6.42. The van der Waals surface area contributed by atoms with Crippen molar-refractivity contribution >= 4 is 23.6 Å². The Kier molecular flexibility index (Phi) is 2.65. The van der Waals surface area contributed by atoms with Crippen molar-refractivity contribution in [2.75, 3.05) is 11.8 Å². The lowest BCUT2D eigenvalue weighted by Gasteiger charge is -2.12. The molecule has 0 spiro atoms. The minimum Gasteiger partial charge on any atom is -0.454 e. The van der Waals surface area contributed by atoms with Crippen LogP contribution in [0.5, 0.6) is 11.5 Å². The van der Waals surface area contributed by atoms with Gasteiger partial charge in [0.25, 0.3) is 0 Å². The molecule has 0 atom stereocenters. The van der Waals surface area contributed by atoms with Crippen molar-refractivity contribution in [3.8, 4) is 11.5 Å². The number of hydrogen-bond acceptors (Lipinski definition) is 7. The molecule has 9 heteroatoms. The third-order valence-corrected chi connectivity index (χ3v) is 3.27. The fourth-order valence-electron chi connectivity index (χ4n) is 2.21. The highest BCUT2D eigenvalue weighted by atomic mass is 16.7. The van der Waals surface area contributed by atoms with Crippen LogP contribution in [0.15, 0.2) is 28.9 Å². The van der Waals surface area contributed by atoms with Crippen molar-refractivity contribution in [1.82, 2.24) is 20.6 Å². The van der Waals surface area contributed by atoms with Gasteiger partial charge in [0.2, 0.25) is 12.7 Å². The number of carbonyl (C=O) groups excluding carboxylic acids is 1. The standard InChI is InChI=1S/C13H9N6O3/c1-7-9(12(20)19(16-7)13-14-17-18-15-13)4-8-2-3-10-11(5-8)22-6-21-10/h2-5H,6H2,1H3/q-1/b9-4+. The molecular weight excluding hydrogens is 288 g/mol. The Balaban J connectivity index is 1.68. The minimum atomic E-state index is -0.329. The van der Waals surface area contributed by atoms with Crippen LogP contribution in [0.25, 0.3) is 6.08 Å². The molecule has 0 aliphatic carbocycles. The second-order valence-corrected chi connectivity index (χ2v) is 4.65. The van der Waals surface area contributed by atoms with Crippen LogP contribution in [0.3, 0.4) is 0 Å². The second kappa shape index (κ2) is 4.65. The van der Waals surface area contributed by atoms with Crippen molar-refractivity contribution < 1.29 is 14.3 Å². The van der Waals surface area contributed by atoms with Crippen LogP contribution in [-0.4, -0.2) is 33.9 Å². The van der Waals surface area contributed by atoms with E-state index in [2.05, 4.69) is 25.7 Å². The van der Waals surface area contributed by atoms with Gasteiger partial charge in [-0.2, -0.15) is 5.21 Å². The van der Waals surface area contributed by atoms with Gasteiger partial charge in [-0.1, -0.05) is 6.07 Å². The number of hydrogen-bond donors (Lipinski definition) is 0. The van der Waals surface area contributed by atoms with Crippen LogP contribution in [0.2, 0.25) is 0 Å². The summed E-state index contributed by atoms with van der Waals surface area (Å²) in [4.78, 5) is 12.4. The number of hydrazone groups is 1. The molecule has 2 aliphatic rings. The third kappa shape index (κ3) is 1.91. The van der Waals surface area contributed by atoms with Crippen molar-refractivity contribution in [3.05, 3.63) is 29.3 Å². The summed E-state index contributed by atoms with van der Waals surface area (Å²) in [6.45, 7) is 1.94. The van der Waals surface area contributed by atoms with Crippen LogP contribution in [-0.2, 0) is 4.79 Å². The predicted molar refractivity (Wildman–Crippen MR) is 74.3 cm³/mol. The number of carbonyl (C=O) groups is 1. The van der Waals surface area contributed by atoms with Gasteiger partial charge in [0.1, 0.15) is 5.95 Å². The van der Waals surface area contributed by atoms with E-state index in [4.69, 9.17) is 9.47 Å². The summed E-state index contributed by atoms with van der Waals surface area (Å²) in [6, 6.07) is 5.44. The van der Waals surface area contributed by atoms with Crippen LogP contribution >= 0.6 is 0 Å². The zero-order valence-corrected chi connectivity index (χ0v) is 11.4. The number of tetrazole rings is 1. The monoisotopic (exact) mass is 297 g/mol. The molecule has 0 unspecified atom stereocenters. The van der Waals surface area contributed by atoms with Gasteiger partial charge in [-0.15, -0.1) is 5.21 Å². The van der Waals surface area contributed by atoms with Crippen LogP contribution in [0, 0.1) is 0 Å². The Morgan fingerprint density at radius 3 is 3.00 bits per heavy atom. The van der Waals surface area contributed by atoms with E-state index in [0.29, 0.717) is 22.8 Å². The van der Waals surface area contributed by atoms with Gasteiger partial charge >= 0.3 is 0 Å². The molecule has 0 bridgehead atoms. The molecule has 1 amide bonds. The maximum Gasteiger partial charge on any atom is 0.239 e. The predicted octanol–water partition coefficient (Wildman–Crippen LogP) is 0.364. The fraction of sp³-hybridized carbons (Fsp3) is 0.154. The molecule has 110 valence electrons. The number of aromatic nitrogens is 4. The summed E-state index contributed by atoms with van der Waals surface area (Å²) in [6.07, 6.45) is 1.73. The number of fused-ring (bicyclic) bond motifs is 1. The average molecular weight is 297 g/mol. The lowest BCUT2D eigenvalue weighted by Crippen LogP contribution is -2.22. The molecule has 0 fully saturated rings. The highest BCUT2D eigenvalue weighted by Gasteiger charge is 2.26. The molecule has 22 heavy (non-hydrogen) atoms. The van der Waals surface area contributed by atoms with Gasteiger partial charge in [0.05, 0.1) is 11.3 Å². The zero-order chi connectivity index (χ0) is 15.1. The Hall–Kier alpha value is -3.23. The van der Waals surface area contributed by atoms with Crippen LogP contribution in [0.1, 0.15) is 12.5 Å². The summed E-state index contributed by atoms with van der Waals surface area (Å²) >= 11 is 0. The highest BCUT2D eigenvalue weighted by Crippen LogP contribution is 2.33. The number of rotatable bonds is 2. The van der Waals surface area contributed by atoms with E-state index in [-0.39, 0.29) is 18.6 Å². The van der Waals surface area contributed by atoms with E-state index < -0.39 is 0 Å². The Morgan fingerprint density at radius 1 is 1.32 bits per heavy atom. The van der Waals surface area contributed by atoms with E-state index in [1.54, 1.807) is 25.1 Å². The normalized spacial score (nSPS) is 18.2. The van der Waals surface area contributed by atoms with Gasteiger partial charge in [-0.05, 0) is 30.7 Å². The minimum absolute atomic E-state index is 0.0541. The summed E-state index contributed by atoms with van der Waals surface area (Å²) in [5.74, 6) is 1.07. The smallest absolute Gasteiger partial charge is 0.239 e. The van der Waals surface area contributed by atoms with E-state index >= 15 is 0 Å². The number of amides is 1. The summed E-state index contributed by atoms with van der Waals surface area (Å²) < 4.78 is 10.6. The molecule has 1 aromatic heterocycles. The molecular formula is C13H9N6O3-. The van der Waals surface area contributed by atoms with Crippen LogP contribution in [0.4, 0.5) is 5.95 Å². The maximum absolute atomic E-state index is 12.4. The molecule has 2 aromatic rings. The van der Waals surface area contributed by atoms with Gasteiger partial charge in [-0.25, -0.2) is 15.2 Å². The van der Waals surface area contributed by atoms with E-state index in [9.17, 15) is 4.79 Å². The molecule has 0 radical (unpaired) electrons. The first kappa shape index (κ1) is 12.5. The van der Waals surface area contributed by atoms with E-state index in [1.165, 1.54) is 0 Å². The number of benzene rings is 1. The molecule has 2 aliphatic heterocycles. The molecule has 1 aromatic carbocycles. The van der Waals surface area contributed by atoms with Gasteiger partial charge in [-0.3, -0.25) is 9.89 Å². The number of anilines is 1. The largest absolute Gasteiger partial charge is 0.454 e. The lowest BCUT2D eigenvalue weighted by atomic mass is 10.1. The highest BCUT2D eigenvalue weighted by molar-refractivity contribution is 6.31. The number of nitrogens with zero attached hydrogens (tertiary/aromatic N) is 6. The summed E-state index contributed by atoms with van der Waals surface area (Å²) in [5, 5.41) is 19.2. The Labute approximate surface area is 124 Å². The molecule has 9 nitrogen and oxygen atoms in total. The fourth-order valence-corrected chi connectivity index (χ4v) is 2.21. The Bertz CT molecular complexity index is 811. The maximum atomic E-state index is 12.4. The van der Waals surface area contributed by atoms with Crippen molar-refractivity contribution in [2.45, 2.75) is 6.92 Å². The molecule has 0 N–H and O–H groups in total. The molecule has 0 saturated carbocycles. The Morgan fingerprint density at radius 2 is 2.18 bits per heavy atom. The first-order valence-electron chi connectivity index (χ1n) is 6.42. The second-order valence-electron chi connectivity index (χ2n) is 4.65. The van der Waals surface area contributed by atoms with Gasteiger partial charge in [0.15, 0.2) is 11.5 Å². The van der Waals surface area contributed by atoms with Crippen molar-refractivity contribution in [1.29, 1.82) is 0 Å². The third-order valence-electron chi connectivity index (χ3n) is 3.27. The van der Waals surface area contributed by atoms with E-state index in [1.807, 2.05) is 6.07 Å². The van der Waals surface area contributed by atoms with Gasteiger partial charge < -0.3 is 9.47 Å². The van der Waals surface area contributed by atoms with E-state index in [0.717, 1.165) is 10.6 Å².